The average Bonchev–Trinajstić information content (AvgIpc) is 2.06. The van der Waals surface area contributed by atoms with E-state index in [9.17, 15) is 0 Å². The highest BCUT2D eigenvalue weighted by Gasteiger charge is 2.17. The maximum Gasteiger partial charge on any atom is 0.114 e. The smallest absolute Gasteiger partial charge is 0.114 e. The Bertz CT molecular complexity index is 225. The molecule has 0 aromatic heterocycles. The first-order chi connectivity index (χ1) is 5.17. The molecule has 1 aromatic carbocycles. The van der Waals surface area contributed by atoms with Crippen molar-refractivity contribution >= 4 is 32.1 Å². The predicted molar refractivity (Wildman–Crippen MR) is 59.2 cm³/mol. The summed E-state index contributed by atoms with van der Waals surface area (Å²) in [5, 5.41) is -0.512. The summed E-state index contributed by atoms with van der Waals surface area (Å²) in [6.07, 6.45) is 0. The molecule has 60 valence electrons. The molecule has 0 saturated carbocycles. The van der Waals surface area contributed by atoms with Gasteiger partial charge in [0.25, 0.3) is 0 Å². The molecule has 0 spiro atoms. The quantitative estimate of drug-likeness (QED) is 0.373. The Morgan fingerprint density at radius 2 is 1.91 bits per heavy atom. The fraction of sp³-hybridized carbons (Fsp3) is 0.143. The Kier molecular flexibility index (Phi) is 3.25. The molecule has 0 aliphatic rings. The Morgan fingerprint density at radius 3 is 2.36 bits per heavy atom. The third-order valence-corrected chi connectivity index (χ3v) is 3.37. The van der Waals surface area contributed by atoms with E-state index in [1.165, 1.54) is 0 Å². The summed E-state index contributed by atoms with van der Waals surface area (Å²) < 4.78 is 2.97. The summed E-state index contributed by atoms with van der Waals surface area (Å²) in [6.45, 7) is 0. The average molecular weight is 280 g/mol. The topological polar surface area (TPSA) is 38.0 Å². The molecule has 1 rings (SSSR count). The molecule has 11 heavy (non-hydrogen) atoms. The van der Waals surface area contributed by atoms with Crippen LogP contribution in [0.1, 0.15) is 5.56 Å². The normalized spacial score (nSPS) is 15.9. The lowest BCUT2D eigenvalue weighted by molar-refractivity contribution is 0.661. The second-order valence-electron chi connectivity index (χ2n) is 2.33. The first-order valence-electron chi connectivity index (χ1n) is 3.18. The van der Waals surface area contributed by atoms with Crippen molar-refractivity contribution in [1.82, 2.24) is 3.53 Å². The van der Waals surface area contributed by atoms with Crippen LogP contribution >= 0.6 is 32.1 Å². The van der Waals surface area contributed by atoms with Gasteiger partial charge in [0.2, 0.25) is 0 Å². The molecular formula is C7H10IN2P. The molecule has 0 amide bonds. The maximum absolute atomic E-state index is 5.88. The van der Waals surface area contributed by atoms with E-state index in [1.54, 1.807) is 0 Å². The Balaban J connectivity index is 2.93. The van der Waals surface area contributed by atoms with Gasteiger partial charge in [-0.3, -0.25) is 0 Å². The van der Waals surface area contributed by atoms with E-state index in [2.05, 4.69) is 12.8 Å². The molecule has 1 aromatic rings. The second-order valence-corrected chi connectivity index (χ2v) is 3.78. The van der Waals surface area contributed by atoms with Crippen LogP contribution in [0.2, 0.25) is 0 Å². The number of hydrogen-bond acceptors (Lipinski definition) is 2. The van der Waals surface area contributed by atoms with Gasteiger partial charge in [-0.25, -0.2) is 3.53 Å². The standard InChI is InChI=1S/C7H10IN2P/c8-10-7(9,11)6-4-2-1-3-5-6/h1-5,10H,9,11H2. The summed E-state index contributed by atoms with van der Waals surface area (Å²) >= 11 is 2.04. The summed E-state index contributed by atoms with van der Waals surface area (Å²) in [7, 11) is 2.57. The van der Waals surface area contributed by atoms with Crippen molar-refractivity contribution in [2.24, 2.45) is 5.73 Å². The van der Waals surface area contributed by atoms with E-state index in [4.69, 9.17) is 5.73 Å². The Morgan fingerprint density at radius 1 is 1.36 bits per heavy atom. The van der Waals surface area contributed by atoms with Gasteiger partial charge in [-0.15, -0.1) is 0 Å². The second kappa shape index (κ2) is 3.81. The van der Waals surface area contributed by atoms with Gasteiger partial charge in [0, 0.05) is 22.9 Å². The van der Waals surface area contributed by atoms with Gasteiger partial charge in [0.1, 0.15) is 5.40 Å². The van der Waals surface area contributed by atoms with Crippen LogP contribution in [0.25, 0.3) is 0 Å². The highest BCUT2D eigenvalue weighted by atomic mass is 127. The number of benzene rings is 1. The monoisotopic (exact) mass is 280 g/mol. The minimum atomic E-state index is -0.512. The third kappa shape index (κ3) is 2.37. The molecule has 2 atom stereocenters. The van der Waals surface area contributed by atoms with Crippen molar-refractivity contribution in [2.45, 2.75) is 5.40 Å². The zero-order chi connectivity index (χ0) is 8.32. The molecule has 0 fully saturated rings. The maximum atomic E-state index is 5.88. The van der Waals surface area contributed by atoms with Crippen LogP contribution in [0.5, 0.6) is 0 Å². The molecule has 0 aliphatic heterocycles. The summed E-state index contributed by atoms with van der Waals surface area (Å²) in [4.78, 5) is 0. The van der Waals surface area contributed by atoms with E-state index in [0.29, 0.717) is 0 Å². The Hall–Kier alpha value is 0.300. The zero-order valence-corrected chi connectivity index (χ0v) is 9.23. The predicted octanol–water partition coefficient (Wildman–Crippen LogP) is 1.57. The van der Waals surface area contributed by atoms with Crippen LogP contribution in [-0.4, -0.2) is 0 Å². The summed E-state index contributed by atoms with van der Waals surface area (Å²) in [5.41, 5.74) is 6.94. The van der Waals surface area contributed by atoms with Crippen molar-refractivity contribution in [2.75, 3.05) is 0 Å². The molecular weight excluding hydrogens is 270 g/mol. The molecule has 2 unspecified atom stereocenters. The number of nitrogens with two attached hydrogens (primary N) is 1. The number of hydrogen-bond donors (Lipinski definition) is 2. The fourth-order valence-electron chi connectivity index (χ4n) is 0.768. The van der Waals surface area contributed by atoms with E-state index in [0.717, 1.165) is 5.56 Å². The van der Waals surface area contributed by atoms with Gasteiger partial charge in [0.05, 0.1) is 0 Å². The SMILES string of the molecule is NC(P)(NI)c1ccccc1. The summed E-state index contributed by atoms with van der Waals surface area (Å²) in [6, 6.07) is 9.87. The molecule has 0 bridgehead atoms. The minimum absolute atomic E-state index is 0.512. The third-order valence-electron chi connectivity index (χ3n) is 1.41. The molecule has 4 heteroatoms. The lowest BCUT2D eigenvalue weighted by Gasteiger charge is -2.22. The summed E-state index contributed by atoms with van der Waals surface area (Å²) in [5.74, 6) is 0. The lowest BCUT2D eigenvalue weighted by atomic mass is 10.2. The molecule has 0 saturated heterocycles. The van der Waals surface area contributed by atoms with Crippen LogP contribution in [-0.2, 0) is 5.40 Å². The zero-order valence-electron chi connectivity index (χ0n) is 5.92. The molecule has 0 radical (unpaired) electrons. The van der Waals surface area contributed by atoms with Gasteiger partial charge < -0.3 is 5.73 Å². The van der Waals surface area contributed by atoms with Gasteiger partial charge in [-0.1, -0.05) is 39.6 Å². The molecule has 2 nitrogen and oxygen atoms in total. The van der Waals surface area contributed by atoms with Crippen molar-refractivity contribution in [3.8, 4) is 0 Å². The van der Waals surface area contributed by atoms with Crippen LogP contribution in [0, 0.1) is 0 Å². The van der Waals surface area contributed by atoms with Crippen LogP contribution in [0.15, 0.2) is 30.3 Å². The molecule has 3 N–H and O–H groups in total. The van der Waals surface area contributed by atoms with Gasteiger partial charge in [-0.2, -0.15) is 0 Å². The van der Waals surface area contributed by atoms with Crippen molar-refractivity contribution in [3.63, 3.8) is 0 Å². The van der Waals surface area contributed by atoms with Crippen LogP contribution < -0.4 is 9.26 Å². The Labute approximate surface area is 82.6 Å². The van der Waals surface area contributed by atoms with E-state index >= 15 is 0 Å². The van der Waals surface area contributed by atoms with Crippen molar-refractivity contribution in [1.29, 1.82) is 0 Å². The highest BCUT2D eigenvalue weighted by Crippen LogP contribution is 2.22. The van der Waals surface area contributed by atoms with E-state index in [1.807, 2.05) is 53.2 Å². The molecule has 0 heterocycles. The number of rotatable bonds is 2. The van der Waals surface area contributed by atoms with Gasteiger partial charge in [-0.05, 0) is 5.56 Å². The number of halogens is 1. The van der Waals surface area contributed by atoms with Gasteiger partial charge >= 0.3 is 0 Å². The minimum Gasteiger partial charge on any atom is -0.306 e. The highest BCUT2D eigenvalue weighted by molar-refractivity contribution is 14.1. The van der Waals surface area contributed by atoms with Crippen LogP contribution in [0.3, 0.4) is 0 Å². The van der Waals surface area contributed by atoms with E-state index < -0.39 is 5.40 Å². The lowest BCUT2D eigenvalue weighted by Crippen LogP contribution is -2.38. The van der Waals surface area contributed by atoms with Crippen LogP contribution in [0.4, 0.5) is 0 Å². The van der Waals surface area contributed by atoms with E-state index in [-0.39, 0.29) is 0 Å². The largest absolute Gasteiger partial charge is 0.306 e. The van der Waals surface area contributed by atoms with Crippen molar-refractivity contribution < 1.29 is 0 Å². The van der Waals surface area contributed by atoms with Gasteiger partial charge in [0.15, 0.2) is 0 Å². The first kappa shape index (κ1) is 9.39. The first-order valence-corrected chi connectivity index (χ1v) is 4.83. The fourth-order valence-corrected chi connectivity index (χ4v) is 1.27. The molecule has 0 aliphatic carbocycles. The number of nitrogens with one attached hydrogen (secondary N) is 1. The van der Waals surface area contributed by atoms with Crippen molar-refractivity contribution in [3.05, 3.63) is 35.9 Å².